The largest absolute Gasteiger partial charge is 0.497 e. The second kappa shape index (κ2) is 6.76. The molecular formula is C22H21N3O2. The Hall–Kier alpha value is -3.34. The minimum absolute atomic E-state index is 0.00995. The van der Waals surface area contributed by atoms with E-state index in [4.69, 9.17) is 19.9 Å². The van der Waals surface area contributed by atoms with Gasteiger partial charge in [0.1, 0.15) is 23.0 Å². The van der Waals surface area contributed by atoms with Gasteiger partial charge in [-0.15, -0.1) is 0 Å². The van der Waals surface area contributed by atoms with Crippen molar-refractivity contribution in [2.45, 2.75) is 19.8 Å². The van der Waals surface area contributed by atoms with Crippen LogP contribution in [-0.2, 0) is 0 Å². The van der Waals surface area contributed by atoms with Crippen molar-refractivity contribution in [3.8, 4) is 17.0 Å². The van der Waals surface area contributed by atoms with E-state index in [1.165, 1.54) is 0 Å². The lowest BCUT2D eigenvalue weighted by Crippen LogP contribution is -2.09. The van der Waals surface area contributed by atoms with Crippen LogP contribution >= 0.6 is 0 Å². The maximum atomic E-state index is 6.36. The summed E-state index contributed by atoms with van der Waals surface area (Å²) in [6, 6.07) is 16.0. The van der Waals surface area contributed by atoms with Gasteiger partial charge in [-0.1, -0.05) is 19.1 Å². The summed E-state index contributed by atoms with van der Waals surface area (Å²) in [5.74, 6) is 1.97. The van der Waals surface area contributed by atoms with Gasteiger partial charge in [-0.3, -0.25) is 0 Å². The first-order valence-electron chi connectivity index (χ1n) is 8.82. The quantitative estimate of drug-likeness (QED) is 0.558. The smallest absolute Gasteiger partial charge is 0.133 e. The highest BCUT2D eigenvalue weighted by Gasteiger charge is 2.21. The van der Waals surface area contributed by atoms with Gasteiger partial charge in [0.25, 0.3) is 0 Å². The van der Waals surface area contributed by atoms with Gasteiger partial charge in [0.05, 0.1) is 19.1 Å². The highest BCUT2D eigenvalue weighted by molar-refractivity contribution is 5.84. The molecule has 4 aromatic rings. The van der Waals surface area contributed by atoms with Crippen molar-refractivity contribution in [2.24, 2.45) is 0 Å². The van der Waals surface area contributed by atoms with E-state index in [1.54, 1.807) is 13.4 Å². The molecule has 0 amide bonds. The number of fused-ring (bicyclic) bond motifs is 1. The number of furan rings is 1. The minimum Gasteiger partial charge on any atom is -0.497 e. The van der Waals surface area contributed by atoms with Gasteiger partial charge in [0, 0.05) is 22.4 Å². The van der Waals surface area contributed by atoms with Crippen LogP contribution < -0.4 is 10.5 Å². The van der Waals surface area contributed by atoms with Crippen molar-refractivity contribution >= 4 is 16.8 Å². The van der Waals surface area contributed by atoms with E-state index in [0.29, 0.717) is 11.6 Å². The summed E-state index contributed by atoms with van der Waals surface area (Å²) in [5.41, 5.74) is 11.1. The molecule has 0 spiro atoms. The number of aromatic nitrogens is 2. The zero-order valence-electron chi connectivity index (χ0n) is 15.6. The highest BCUT2D eigenvalue weighted by Crippen LogP contribution is 2.37. The Morgan fingerprint density at radius 3 is 2.74 bits per heavy atom. The molecular weight excluding hydrogens is 338 g/mol. The molecule has 4 rings (SSSR count). The average Bonchev–Trinajstić information content (AvgIpc) is 3.14. The van der Waals surface area contributed by atoms with Gasteiger partial charge in [-0.2, -0.15) is 0 Å². The lowest BCUT2D eigenvalue weighted by molar-refractivity contribution is 0.414. The molecule has 0 unspecified atom stereocenters. The fourth-order valence-corrected chi connectivity index (χ4v) is 3.44. The van der Waals surface area contributed by atoms with Crippen LogP contribution in [0.2, 0.25) is 0 Å². The summed E-state index contributed by atoms with van der Waals surface area (Å²) in [7, 11) is 1.67. The predicted molar refractivity (Wildman–Crippen MR) is 107 cm³/mol. The normalized spacial score (nSPS) is 12.3. The number of ether oxygens (including phenoxy) is 1. The zero-order valence-corrected chi connectivity index (χ0v) is 15.6. The molecule has 2 aromatic carbocycles. The maximum absolute atomic E-state index is 6.36. The molecule has 0 aliphatic rings. The van der Waals surface area contributed by atoms with Crippen molar-refractivity contribution in [3.05, 3.63) is 71.7 Å². The van der Waals surface area contributed by atoms with Crippen LogP contribution in [0.1, 0.15) is 29.8 Å². The van der Waals surface area contributed by atoms with Crippen LogP contribution in [0.25, 0.3) is 22.2 Å². The number of hydrogen-bond acceptors (Lipinski definition) is 5. The number of rotatable bonds is 4. The molecule has 27 heavy (non-hydrogen) atoms. The molecule has 5 nitrogen and oxygen atoms in total. The Balaban J connectivity index is 1.89. The van der Waals surface area contributed by atoms with E-state index < -0.39 is 0 Å². The van der Waals surface area contributed by atoms with Crippen LogP contribution in [0.3, 0.4) is 0 Å². The van der Waals surface area contributed by atoms with Crippen LogP contribution in [-0.4, -0.2) is 17.1 Å². The molecule has 0 fully saturated rings. The minimum atomic E-state index is 0.00995. The van der Waals surface area contributed by atoms with Crippen molar-refractivity contribution in [2.75, 3.05) is 12.8 Å². The molecule has 5 heteroatoms. The monoisotopic (exact) mass is 359 g/mol. The fraction of sp³-hybridized carbons (Fsp3) is 0.182. The molecule has 136 valence electrons. The molecule has 0 saturated carbocycles. The number of nitrogens with zero attached hydrogens (tertiary/aromatic N) is 2. The Morgan fingerprint density at radius 2 is 1.93 bits per heavy atom. The molecule has 1 atom stereocenters. The van der Waals surface area contributed by atoms with E-state index in [-0.39, 0.29) is 5.92 Å². The first-order valence-corrected chi connectivity index (χ1v) is 8.82. The summed E-state index contributed by atoms with van der Waals surface area (Å²) in [5, 5.41) is 1.03. The number of hydrogen-bond donors (Lipinski definition) is 1. The number of anilines is 1. The van der Waals surface area contributed by atoms with E-state index >= 15 is 0 Å². The Kier molecular flexibility index (Phi) is 4.28. The van der Waals surface area contributed by atoms with Gasteiger partial charge >= 0.3 is 0 Å². The molecule has 2 heterocycles. The summed E-state index contributed by atoms with van der Waals surface area (Å²) in [6.45, 7) is 3.97. The maximum Gasteiger partial charge on any atom is 0.133 e. The highest BCUT2D eigenvalue weighted by atomic mass is 16.5. The van der Waals surface area contributed by atoms with E-state index in [1.807, 2.05) is 43.3 Å². The Morgan fingerprint density at radius 1 is 1.07 bits per heavy atom. The second-order valence-electron chi connectivity index (χ2n) is 6.59. The number of methoxy groups -OCH3 is 1. The number of nitrogen functional groups attached to an aromatic ring is 1. The van der Waals surface area contributed by atoms with Crippen LogP contribution in [0.5, 0.6) is 5.75 Å². The zero-order chi connectivity index (χ0) is 19.0. The first-order chi connectivity index (χ1) is 13.1. The average molecular weight is 359 g/mol. The third-order valence-corrected chi connectivity index (χ3v) is 4.84. The fourth-order valence-electron chi connectivity index (χ4n) is 3.44. The molecule has 2 N–H and O–H groups in total. The summed E-state index contributed by atoms with van der Waals surface area (Å²) in [4.78, 5) is 9.15. The summed E-state index contributed by atoms with van der Waals surface area (Å²) >= 11 is 0. The lowest BCUT2D eigenvalue weighted by atomic mass is 9.89. The molecule has 0 bridgehead atoms. The van der Waals surface area contributed by atoms with Gasteiger partial charge < -0.3 is 14.9 Å². The molecule has 0 aliphatic heterocycles. The van der Waals surface area contributed by atoms with Crippen molar-refractivity contribution in [1.82, 2.24) is 9.97 Å². The van der Waals surface area contributed by atoms with Gasteiger partial charge in [0.15, 0.2) is 0 Å². The first kappa shape index (κ1) is 17.1. The summed E-state index contributed by atoms with van der Waals surface area (Å²) < 4.78 is 10.8. The molecule has 0 radical (unpaired) electrons. The standard InChI is InChI=1S/C22H21N3O2/c1-13(15-5-4-6-18(12-15)26-3)20-21(24-14(2)25-22(20)23)17-7-8-19-16(11-17)9-10-27-19/h4-13H,1-3H3,(H2,23,24,25)/t13-/m0/s1. The van der Waals surface area contributed by atoms with Gasteiger partial charge in [-0.25, -0.2) is 9.97 Å². The Bertz CT molecular complexity index is 1120. The SMILES string of the molecule is COc1cccc([C@H](C)c2c(N)nc(C)nc2-c2ccc3occc3c2)c1. The number of benzene rings is 2. The third-order valence-electron chi connectivity index (χ3n) is 4.84. The number of aryl methyl sites for hydroxylation is 1. The van der Waals surface area contributed by atoms with Crippen molar-refractivity contribution in [1.29, 1.82) is 0 Å². The third kappa shape index (κ3) is 3.12. The predicted octanol–water partition coefficient (Wildman–Crippen LogP) is 4.94. The summed E-state index contributed by atoms with van der Waals surface area (Å²) in [6.07, 6.45) is 1.69. The van der Waals surface area contributed by atoms with E-state index in [2.05, 4.69) is 24.0 Å². The molecule has 0 aliphatic carbocycles. The van der Waals surface area contributed by atoms with Gasteiger partial charge in [-0.05, 0) is 48.9 Å². The van der Waals surface area contributed by atoms with Crippen LogP contribution in [0.4, 0.5) is 5.82 Å². The van der Waals surface area contributed by atoms with E-state index in [9.17, 15) is 0 Å². The topological polar surface area (TPSA) is 74.2 Å². The lowest BCUT2D eigenvalue weighted by Gasteiger charge is -2.19. The van der Waals surface area contributed by atoms with Crippen LogP contribution in [0.15, 0.2) is 59.2 Å². The van der Waals surface area contributed by atoms with Crippen molar-refractivity contribution < 1.29 is 9.15 Å². The molecule has 2 aromatic heterocycles. The molecule has 0 saturated heterocycles. The van der Waals surface area contributed by atoms with Gasteiger partial charge in [0.2, 0.25) is 0 Å². The van der Waals surface area contributed by atoms with Crippen molar-refractivity contribution in [3.63, 3.8) is 0 Å². The van der Waals surface area contributed by atoms with E-state index in [0.717, 1.165) is 39.1 Å². The van der Waals surface area contributed by atoms with Crippen LogP contribution in [0, 0.1) is 6.92 Å². The second-order valence-corrected chi connectivity index (χ2v) is 6.59. The Labute approximate surface area is 157 Å². The number of nitrogens with two attached hydrogens (primary N) is 1.